The van der Waals surface area contributed by atoms with Gasteiger partial charge in [0.1, 0.15) is 17.3 Å². The van der Waals surface area contributed by atoms with E-state index in [0.717, 1.165) is 35.9 Å². The summed E-state index contributed by atoms with van der Waals surface area (Å²) in [5.74, 6) is -1.47. The number of rotatable bonds is 8. The van der Waals surface area contributed by atoms with Gasteiger partial charge in [-0.15, -0.1) is 0 Å². The molecule has 0 unspecified atom stereocenters. The fourth-order valence-corrected chi connectivity index (χ4v) is 4.24. The van der Waals surface area contributed by atoms with E-state index in [1.165, 1.54) is 12.1 Å². The second-order valence-corrected chi connectivity index (χ2v) is 8.99. The molecule has 7 nitrogen and oxygen atoms in total. The Labute approximate surface area is 208 Å². The van der Waals surface area contributed by atoms with E-state index < -0.39 is 47.6 Å². The summed E-state index contributed by atoms with van der Waals surface area (Å²) in [6.07, 6.45) is -4.72. The third-order valence-corrected chi connectivity index (χ3v) is 6.32. The molecule has 0 aliphatic heterocycles. The zero-order chi connectivity index (χ0) is 26.1. The van der Waals surface area contributed by atoms with Gasteiger partial charge in [-0.2, -0.15) is 13.2 Å². The Morgan fingerprint density at radius 3 is 2.25 bits per heavy atom. The Morgan fingerprint density at radius 1 is 1.03 bits per heavy atom. The van der Waals surface area contributed by atoms with Gasteiger partial charge in [0, 0.05) is 18.2 Å². The smallest absolute Gasteiger partial charge is 0.416 e. The van der Waals surface area contributed by atoms with Gasteiger partial charge in [-0.25, -0.2) is 4.39 Å². The van der Waals surface area contributed by atoms with E-state index in [2.05, 4.69) is 10.6 Å². The van der Waals surface area contributed by atoms with Crippen molar-refractivity contribution in [1.29, 1.82) is 0 Å². The number of ether oxygens (including phenoxy) is 2. The number of carbonyl (C=O) groups excluding carboxylic acids is 2. The summed E-state index contributed by atoms with van der Waals surface area (Å²) in [6.45, 7) is -0.817. The summed E-state index contributed by atoms with van der Waals surface area (Å²) in [5, 5.41) is 16.0. The van der Waals surface area contributed by atoms with Crippen LogP contribution in [0.3, 0.4) is 0 Å². The SMILES string of the molecule is O=C(COc1ccc(Cl)c(F)c1)NC1=C2CC(NC(=O)COc3ccc(C(F)(F)F)cc3)(C2)[C@@H](O)C1. The fourth-order valence-electron chi connectivity index (χ4n) is 4.13. The van der Waals surface area contributed by atoms with E-state index in [1.807, 2.05) is 0 Å². The summed E-state index contributed by atoms with van der Waals surface area (Å²) >= 11 is 5.61. The molecule has 0 spiro atoms. The molecule has 2 aromatic rings. The van der Waals surface area contributed by atoms with E-state index in [-0.39, 0.29) is 29.5 Å². The van der Waals surface area contributed by atoms with Crippen LogP contribution in [0.4, 0.5) is 17.6 Å². The second-order valence-electron chi connectivity index (χ2n) is 8.58. The molecule has 36 heavy (non-hydrogen) atoms. The quantitative estimate of drug-likeness (QED) is 0.454. The standard InChI is InChI=1S/C24H21ClF4N2O5/c25-17-6-5-16(7-18(17)26)36-11-21(33)30-19-8-20(32)23(9-13(19)10-23)31-22(34)12-35-15-3-1-14(2-4-15)24(27,28)29/h1-7,20,32H,8-12H2,(H,30,33)(H,31,34)/t20-/m0/s1. The van der Waals surface area contributed by atoms with Gasteiger partial charge in [0.15, 0.2) is 13.2 Å². The van der Waals surface area contributed by atoms with E-state index in [0.29, 0.717) is 18.5 Å². The highest BCUT2D eigenvalue weighted by Gasteiger charge is 2.52. The third kappa shape index (κ3) is 5.73. The lowest BCUT2D eigenvalue weighted by Crippen LogP contribution is -2.65. The monoisotopic (exact) mass is 528 g/mol. The maximum absolute atomic E-state index is 13.5. The molecule has 2 aromatic carbocycles. The van der Waals surface area contributed by atoms with Gasteiger partial charge in [0.25, 0.3) is 11.8 Å². The molecule has 2 amide bonds. The average molecular weight is 529 g/mol. The number of aliphatic hydroxyl groups is 1. The molecule has 5 rings (SSSR count). The maximum Gasteiger partial charge on any atom is 0.416 e. The Balaban J connectivity index is 1.25. The highest BCUT2D eigenvalue weighted by atomic mass is 35.5. The maximum atomic E-state index is 13.5. The minimum Gasteiger partial charge on any atom is -0.484 e. The lowest BCUT2D eigenvalue weighted by Gasteiger charge is -2.52. The number of nitrogens with one attached hydrogen (secondary N) is 2. The molecule has 1 saturated carbocycles. The van der Waals surface area contributed by atoms with Crippen LogP contribution in [0.5, 0.6) is 11.5 Å². The predicted octanol–water partition coefficient (Wildman–Crippen LogP) is 3.74. The van der Waals surface area contributed by atoms with Crippen molar-refractivity contribution in [1.82, 2.24) is 10.6 Å². The zero-order valence-electron chi connectivity index (χ0n) is 18.6. The van der Waals surface area contributed by atoms with Gasteiger partial charge in [0.2, 0.25) is 0 Å². The minimum absolute atomic E-state index is 0.0679. The Morgan fingerprint density at radius 2 is 1.64 bits per heavy atom. The van der Waals surface area contributed by atoms with Crippen molar-refractivity contribution >= 4 is 23.4 Å². The summed E-state index contributed by atoms with van der Waals surface area (Å²) in [6, 6.07) is 7.75. The number of aliphatic hydroxyl groups excluding tert-OH is 1. The summed E-state index contributed by atoms with van der Waals surface area (Å²) < 4.78 is 61.9. The first kappa shape index (κ1) is 25.8. The predicted molar refractivity (Wildman–Crippen MR) is 120 cm³/mol. The molecule has 1 atom stereocenters. The second kappa shape index (κ2) is 9.98. The summed E-state index contributed by atoms with van der Waals surface area (Å²) in [4.78, 5) is 24.6. The third-order valence-electron chi connectivity index (χ3n) is 6.01. The number of fused-ring (bicyclic) bond motifs is 2. The van der Waals surface area contributed by atoms with Crippen LogP contribution >= 0.6 is 11.6 Å². The first-order chi connectivity index (χ1) is 16.9. The Hall–Kier alpha value is -3.31. The van der Waals surface area contributed by atoms with E-state index in [1.54, 1.807) is 0 Å². The molecule has 0 aromatic heterocycles. The van der Waals surface area contributed by atoms with Crippen molar-refractivity contribution in [2.45, 2.75) is 37.1 Å². The molecule has 192 valence electrons. The molecule has 3 aliphatic carbocycles. The van der Waals surface area contributed by atoms with Crippen LogP contribution in [0.2, 0.25) is 5.02 Å². The molecule has 2 bridgehead atoms. The van der Waals surface area contributed by atoms with Crippen LogP contribution in [0.15, 0.2) is 53.7 Å². The highest BCUT2D eigenvalue weighted by molar-refractivity contribution is 6.30. The van der Waals surface area contributed by atoms with Crippen molar-refractivity contribution in [2.24, 2.45) is 0 Å². The van der Waals surface area contributed by atoms with Crippen LogP contribution in [-0.4, -0.2) is 41.8 Å². The van der Waals surface area contributed by atoms with Crippen molar-refractivity contribution in [3.05, 3.63) is 70.1 Å². The number of carbonyl (C=O) groups is 2. The van der Waals surface area contributed by atoms with Crippen molar-refractivity contribution in [2.75, 3.05) is 13.2 Å². The van der Waals surface area contributed by atoms with Gasteiger partial charge in [-0.05, 0) is 54.8 Å². The number of hydrogen-bond acceptors (Lipinski definition) is 5. The lowest BCUT2D eigenvalue weighted by atomic mass is 9.62. The van der Waals surface area contributed by atoms with E-state index in [9.17, 15) is 32.3 Å². The van der Waals surface area contributed by atoms with Crippen LogP contribution in [0.25, 0.3) is 0 Å². The van der Waals surface area contributed by atoms with Crippen molar-refractivity contribution < 1.29 is 41.7 Å². The van der Waals surface area contributed by atoms with Crippen LogP contribution in [-0.2, 0) is 15.8 Å². The number of amides is 2. The van der Waals surface area contributed by atoms with Gasteiger partial charge in [-0.1, -0.05) is 11.6 Å². The van der Waals surface area contributed by atoms with Crippen molar-refractivity contribution in [3.8, 4) is 11.5 Å². The van der Waals surface area contributed by atoms with Gasteiger partial charge in [-0.3, -0.25) is 9.59 Å². The molecular formula is C24H21ClF4N2O5. The normalized spacial score (nSPS) is 20.9. The largest absolute Gasteiger partial charge is 0.484 e. The number of benzene rings is 2. The van der Waals surface area contributed by atoms with Gasteiger partial charge in [0.05, 0.1) is 22.2 Å². The van der Waals surface area contributed by atoms with Crippen LogP contribution < -0.4 is 20.1 Å². The first-order valence-corrected chi connectivity index (χ1v) is 11.2. The molecule has 3 N–H and O–H groups in total. The first-order valence-electron chi connectivity index (χ1n) is 10.8. The number of hydrogen-bond donors (Lipinski definition) is 3. The Bertz CT molecular complexity index is 1190. The molecular weight excluding hydrogens is 508 g/mol. The molecule has 1 fully saturated rings. The zero-order valence-corrected chi connectivity index (χ0v) is 19.4. The highest BCUT2D eigenvalue weighted by Crippen LogP contribution is 2.47. The summed E-state index contributed by atoms with van der Waals surface area (Å²) in [5.41, 5.74) is -0.335. The molecule has 0 radical (unpaired) electrons. The number of halogens is 5. The molecule has 12 heteroatoms. The van der Waals surface area contributed by atoms with E-state index >= 15 is 0 Å². The fraction of sp³-hybridized carbons (Fsp3) is 0.333. The lowest BCUT2D eigenvalue weighted by molar-refractivity contribution is -0.137. The molecule has 0 heterocycles. The van der Waals surface area contributed by atoms with Crippen molar-refractivity contribution in [3.63, 3.8) is 0 Å². The van der Waals surface area contributed by atoms with Crippen LogP contribution in [0.1, 0.15) is 24.8 Å². The van der Waals surface area contributed by atoms with E-state index in [4.69, 9.17) is 21.1 Å². The van der Waals surface area contributed by atoms with Gasteiger partial charge < -0.3 is 25.2 Å². The minimum atomic E-state index is -4.47. The van der Waals surface area contributed by atoms with Crippen LogP contribution in [0, 0.1) is 5.82 Å². The average Bonchev–Trinajstić information content (AvgIpc) is 2.79. The number of alkyl halides is 3. The summed E-state index contributed by atoms with van der Waals surface area (Å²) in [7, 11) is 0. The molecule has 0 saturated heterocycles. The van der Waals surface area contributed by atoms with Gasteiger partial charge >= 0.3 is 6.18 Å². The Kier molecular flexibility index (Phi) is 7.14. The topological polar surface area (TPSA) is 96.9 Å². The molecule has 3 aliphatic rings.